The van der Waals surface area contributed by atoms with E-state index in [1.54, 1.807) is 30.3 Å². The third-order valence-electron chi connectivity index (χ3n) is 1.26. The number of hydrogen-bond donors (Lipinski definition) is 1. The van der Waals surface area contributed by atoms with E-state index >= 15 is 0 Å². The SMILES string of the molecule is C[N]S(=O)(=O)Nc1ccccc1. The van der Waals surface area contributed by atoms with Gasteiger partial charge >= 0.3 is 10.2 Å². The Hall–Kier alpha value is -1.07. The van der Waals surface area contributed by atoms with Crippen molar-refractivity contribution < 1.29 is 8.42 Å². The van der Waals surface area contributed by atoms with Crippen molar-refractivity contribution in [2.75, 3.05) is 11.8 Å². The van der Waals surface area contributed by atoms with Crippen molar-refractivity contribution >= 4 is 15.9 Å². The van der Waals surface area contributed by atoms with E-state index < -0.39 is 10.2 Å². The second-order valence-electron chi connectivity index (χ2n) is 2.13. The zero-order valence-electron chi connectivity index (χ0n) is 6.56. The zero-order valence-corrected chi connectivity index (χ0v) is 7.38. The molecule has 0 aliphatic rings. The van der Waals surface area contributed by atoms with Crippen LogP contribution in [0, 0.1) is 0 Å². The number of para-hydroxylation sites is 1. The molecule has 0 aliphatic heterocycles. The molecule has 0 atom stereocenters. The molecule has 65 valence electrons. The van der Waals surface area contributed by atoms with Gasteiger partial charge in [0, 0.05) is 12.7 Å². The van der Waals surface area contributed by atoms with Crippen LogP contribution in [0.25, 0.3) is 0 Å². The number of nitrogens with one attached hydrogen (secondary N) is 1. The van der Waals surface area contributed by atoms with Gasteiger partial charge in [-0.1, -0.05) is 18.2 Å². The van der Waals surface area contributed by atoms with E-state index in [4.69, 9.17) is 0 Å². The first-order valence-corrected chi connectivity index (χ1v) is 4.77. The fourth-order valence-electron chi connectivity index (χ4n) is 0.701. The minimum atomic E-state index is -3.50. The summed E-state index contributed by atoms with van der Waals surface area (Å²) < 4.78 is 27.2. The van der Waals surface area contributed by atoms with Crippen LogP contribution >= 0.6 is 0 Å². The molecule has 0 spiro atoms. The Bertz CT molecular complexity index is 334. The van der Waals surface area contributed by atoms with Gasteiger partial charge in [0.05, 0.1) is 0 Å². The fraction of sp³-hybridized carbons (Fsp3) is 0.143. The second-order valence-corrected chi connectivity index (χ2v) is 3.65. The highest BCUT2D eigenvalue weighted by Gasteiger charge is 2.05. The molecule has 1 rings (SSSR count). The monoisotopic (exact) mass is 185 g/mol. The van der Waals surface area contributed by atoms with E-state index in [2.05, 4.69) is 9.44 Å². The Labute approximate surface area is 71.8 Å². The van der Waals surface area contributed by atoms with E-state index in [0.717, 1.165) is 0 Å². The Kier molecular flexibility index (Phi) is 2.67. The summed E-state index contributed by atoms with van der Waals surface area (Å²) in [4.78, 5) is 0. The van der Waals surface area contributed by atoms with E-state index in [-0.39, 0.29) is 0 Å². The van der Waals surface area contributed by atoms with Crippen LogP contribution in [0.1, 0.15) is 0 Å². The minimum absolute atomic E-state index is 0.517. The maximum atomic E-state index is 10.9. The molecule has 0 heterocycles. The standard InChI is InChI=1S/C7H9N2O2S/c1-8-12(10,11)9-7-5-3-2-4-6-7/h2-6,9H,1H3. The van der Waals surface area contributed by atoms with Crippen LogP contribution in [-0.2, 0) is 10.2 Å². The Morgan fingerprint density at radius 2 is 1.83 bits per heavy atom. The van der Waals surface area contributed by atoms with Gasteiger partial charge < -0.3 is 0 Å². The molecule has 4 nitrogen and oxygen atoms in total. The predicted octanol–water partition coefficient (Wildman–Crippen LogP) is 0.577. The lowest BCUT2D eigenvalue weighted by atomic mass is 10.3. The molecule has 0 bridgehead atoms. The lowest BCUT2D eigenvalue weighted by Crippen LogP contribution is -2.20. The average Bonchev–Trinajstić information content (AvgIpc) is 2.06. The molecule has 0 aromatic heterocycles. The van der Waals surface area contributed by atoms with E-state index in [1.165, 1.54) is 7.05 Å². The largest absolute Gasteiger partial charge is 0.315 e. The van der Waals surface area contributed by atoms with Crippen LogP contribution in [0.4, 0.5) is 5.69 Å². The summed E-state index contributed by atoms with van der Waals surface area (Å²) in [5.74, 6) is 0. The van der Waals surface area contributed by atoms with E-state index in [0.29, 0.717) is 5.69 Å². The normalized spacial score (nSPS) is 11.1. The van der Waals surface area contributed by atoms with Crippen LogP contribution in [0.5, 0.6) is 0 Å². The molecule has 1 aromatic carbocycles. The van der Waals surface area contributed by atoms with Crippen LogP contribution in [-0.4, -0.2) is 15.5 Å². The highest BCUT2D eigenvalue weighted by atomic mass is 32.2. The maximum Gasteiger partial charge on any atom is 0.315 e. The zero-order chi connectivity index (χ0) is 9.03. The molecular formula is C7H9N2O2S. The van der Waals surface area contributed by atoms with Crippen molar-refractivity contribution in [2.45, 2.75) is 0 Å². The molecule has 5 heteroatoms. The lowest BCUT2D eigenvalue weighted by Gasteiger charge is -2.03. The average molecular weight is 185 g/mol. The van der Waals surface area contributed by atoms with Gasteiger partial charge in [-0.05, 0) is 12.1 Å². The van der Waals surface area contributed by atoms with Crippen LogP contribution in [0.3, 0.4) is 0 Å². The number of anilines is 1. The van der Waals surface area contributed by atoms with Gasteiger partial charge in [0.1, 0.15) is 0 Å². The molecular weight excluding hydrogens is 176 g/mol. The Morgan fingerprint density at radius 3 is 2.33 bits per heavy atom. The Morgan fingerprint density at radius 1 is 1.25 bits per heavy atom. The molecule has 12 heavy (non-hydrogen) atoms. The molecule has 0 saturated heterocycles. The van der Waals surface area contributed by atoms with Crippen molar-refractivity contribution in [3.8, 4) is 0 Å². The smallest absolute Gasteiger partial charge is 0.270 e. The third-order valence-corrected chi connectivity index (χ3v) is 2.24. The van der Waals surface area contributed by atoms with Crippen molar-refractivity contribution in [3.05, 3.63) is 30.3 Å². The first-order chi connectivity index (χ1) is 5.64. The van der Waals surface area contributed by atoms with Gasteiger partial charge in [-0.15, -0.1) is 4.72 Å². The van der Waals surface area contributed by atoms with Crippen molar-refractivity contribution in [2.24, 2.45) is 0 Å². The van der Waals surface area contributed by atoms with E-state index in [9.17, 15) is 8.42 Å². The summed E-state index contributed by atoms with van der Waals surface area (Å²) in [5.41, 5.74) is 0.517. The number of nitrogens with zero attached hydrogens (tertiary/aromatic N) is 1. The summed E-state index contributed by atoms with van der Waals surface area (Å²) in [6.07, 6.45) is 0. The van der Waals surface area contributed by atoms with Crippen molar-refractivity contribution in [3.63, 3.8) is 0 Å². The first kappa shape index (κ1) is 9.02. The molecule has 0 unspecified atom stereocenters. The third kappa shape index (κ3) is 2.52. The van der Waals surface area contributed by atoms with Gasteiger partial charge in [0.25, 0.3) is 0 Å². The van der Waals surface area contributed by atoms with Gasteiger partial charge in [-0.3, -0.25) is 4.72 Å². The summed E-state index contributed by atoms with van der Waals surface area (Å²) in [6.45, 7) is 0. The van der Waals surface area contributed by atoms with Gasteiger partial charge in [-0.25, -0.2) is 0 Å². The summed E-state index contributed by atoms with van der Waals surface area (Å²) in [5, 5.41) is 0. The van der Waals surface area contributed by atoms with Crippen molar-refractivity contribution in [1.29, 1.82) is 0 Å². The molecule has 1 aromatic rings. The van der Waals surface area contributed by atoms with Crippen LogP contribution in [0.2, 0.25) is 0 Å². The summed E-state index contributed by atoms with van der Waals surface area (Å²) in [6, 6.07) is 8.60. The van der Waals surface area contributed by atoms with Crippen molar-refractivity contribution in [1.82, 2.24) is 4.72 Å². The highest BCUT2D eigenvalue weighted by Crippen LogP contribution is 2.06. The van der Waals surface area contributed by atoms with Gasteiger partial charge in [0.2, 0.25) is 0 Å². The molecule has 0 amide bonds. The lowest BCUT2D eigenvalue weighted by molar-refractivity contribution is 0.592. The number of hydrogen-bond acceptors (Lipinski definition) is 2. The summed E-state index contributed by atoms with van der Waals surface area (Å²) >= 11 is 0. The first-order valence-electron chi connectivity index (χ1n) is 3.33. The van der Waals surface area contributed by atoms with E-state index in [1.807, 2.05) is 0 Å². The van der Waals surface area contributed by atoms with Gasteiger partial charge in [0.15, 0.2) is 0 Å². The van der Waals surface area contributed by atoms with Gasteiger partial charge in [-0.2, -0.15) is 8.42 Å². The second kappa shape index (κ2) is 3.55. The molecule has 1 N–H and O–H groups in total. The van der Waals surface area contributed by atoms with Crippen LogP contribution in [0.15, 0.2) is 30.3 Å². The highest BCUT2D eigenvalue weighted by molar-refractivity contribution is 7.90. The number of rotatable bonds is 3. The minimum Gasteiger partial charge on any atom is -0.270 e. The quantitative estimate of drug-likeness (QED) is 0.748. The molecule has 0 fully saturated rings. The topological polar surface area (TPSA) is 60.3 Å². The Balaban J connectivity index is 2.78. The number of benzene rings is 1. The summed E-state index contributed by atoms with van der Waals surface area (Å²) in [7, 11) is -2.27. The predicted molar refractivity (Wildman–Crippen MR) is 47.0 cm³/mol. The molecule has 1 radical (unpaired) electrons. The fourth-order valence-corrected chi connectivity index (χ4v) is 1.23. The maximum absolute atomic E-state index is 10.9. The van der Waals surface area contributed by atoms with Crippen LogP contribution < -0.4 is 9.44 Å². The molecule has 0 aliphatic carbocycles. The molecule has 0 saturated carbocycles.